The summed E-state index contributed by atoms with van der Waals surface area (Å²) in [4.78, 5) is 41.2. The van der Waals surface area contributed by atoms with Crippen molar-refractivity contribution in [2.45, 2.75) is 62.6 Å². The molecule has 2 aromatic carbocycles. The molecular formula is C33H44N8O11S2. The van der Waals surface area contributed by atoms with E-state index >= 15 is 0 Å². The Morgan fingerprint density at radius 3 is 2.56 bits per heavy atom. The summed E-state index contributed by atoms with van der Waals surface area (Å²) in [6.45, 7) is 5.75. The molecule has 0 saturated carbocycles. The van der Waals surface area contributed by atoms with E-state index in [4.69, 9.17) is 28.8 Å². The van der Waals surface area contributed by atoms with Gasteiger partial charge in [-0.1, -0.05) is 17.3 Å². The highest BCUT2D eigenvalue weighted by molar-refractivity contribution is 7.91. The van der Waals surface area contributed by atoms with Gasteiger partial charge < -0.3 is 44.7 Å². The number of hydrogen-bond donors (Lipinski definition) is 5. The first-order valence-corrected chi connectivity index (χ1v) is 18.9. The van der Waals surface area contributed by atoms with Crippen LogP contribution < -0.4 is 30.6 Å². The topological polar surface area (TPSA) is 257 Å². The minimum Gasteiger partial charge on any atom is -0.492 e. The molecule has 19 nitrogen and oxygen atoms in total. The predicted octanol–water partition coefficient (Wildman–Crippen LogP) is 0.843. The first kappa shape index (κ1) is 41.8. The molecule has 54 heavy (non-hydrogen) atoms. The lowest BCUT2D eigenvalue weighted by atomic mass is 10.2. The first-order valence-electron chi connectivity index (χ1n) is 16.5. The van der Waals surface area contributed by atoms with Crippen LogP contribution in [0.4, 0.5) is 4.79 Å². The van der Waals surface area contributed by atoms with Crippen molar-refractivity contribution in [3.05, 3.63) is 59.9 Å². The highest BCUT2D eigenvalue weighted by Gasteiger charge is 2.23. The number of thiazole rings is 1. The molecule has 21 heteroatoms. The number of nitrogens with zero attached hydrogens (tertiary/aromatic N) is 4. The monoisotopic (exact) mass is 792 g/mol. The van der Waals surface area contributed by atoms with Crippen LogP contribution in [0, 0.1) is 0 Å². The Hall–Kier alpha value is -4.93. The maximum atomic E-state index is 12.8. The number of methoxy groups -OCH3 is 1. The molecular weight excluding hydrogens is 749 g/mol. The van der Waals surface area contributed by atoms with Crippen LogP contribution in [0.15, 0.2) is 53.0 Å². The molecule has 0 aliphatic heterocycles. The largest absolute Gasteiger partial charge is 0.492 e. The smallest absolute Gasteiger partial charge is 0.407 e. The van der Waals surface area contributed by atoms with Crippen molar-refractivity contribution in [3.63, 3.8) is 0 Å². The number of rotatable bonds is 20. The van der Waals surface area contributed by atoms with E-state index in [2.05, 4.69) is 31.2 Å². The van der Waals surface area contributed by atoms with E-state index in [1.165, 1.54) is 18.0 Å². The first-order chi connectivity index (χ1) is 25.6. The third-order valence-corrected chi connectivity index (χ3v) is 9.35. The second-order valence-corrected chi connectivity index (χ2v) is 15.5. The fourth-order valence-electron chi connectivity index (χ4n) is 4.60. The molecule has 2 heterocycles. The molecule has 294 valence electrons. The number of nitrogens with one attached hydrogen (secondary N) is 3. The number of alkyl carbamates (subject to hydrolysis) is 1. The van der Waals surface area contributed by atoms with Crippen LogP contribution in [0.3, 0.4) is 0 Å². The van der Waals surface area contributed by atoms with Gasteiger partial charge in [0.25, 0.3) is 10.0 Å². The molecule has 0 saturated heterocycles. The lowest BCUT2D eigenvalue weighted by Gasteiger charge is -2.23. The molecule has 6 N–H and O–H groups in total. The van der Waals surface area contributed by atoms with Crippen molar-refractivity contribution in [3.8, 4) is 11.5 Å². The molecule has 4 rings (SSSR count). The van der Waals surface area contributed by atoms with Crippen LogP contribution in [0.25, 0.3) is 10.2 Å². The van der Waals surface area contributed by atoms with Crippen LogP contribution >= 0.6 is 11.3 Å². The van der Waals surface area contributed by atoms with Gasteiger partial charge in [-0.3, -0.25) is 4.79 Å². The molecule has 2 atom stereocenters. The maximum Gasteiger partial charge on any atom is 0.407 e. The summed E-state index contributed by atoms with van der Waals surface area (Å²) in [5.74, 6) is -0.215. The van der Waals surface area contributed by atoms with Gasteiger partial charge in [0.1, 0.15) is 42.6 Å². The second-order valence-electron chi connectivity index (χ2n) is 12.7. The number of sulfonamides is 1. The third kappa shape index (κ3) is 13.8. The zero-order valence-corrected chi connectivity index (χ0v) is 31.8. The standard InChI is InChI=1S/C33H44N8O11S2/c1-33(2,3)52-31(45)36-22(17-42)14-35-10-11-50-24-7-5-6-21(12-24)18-49-20-27(30(44)48-4)37-29(43)16-41-15-23(39-40-41)19-51-25-8-9-26-28(13-25)53-32(38-26)54(34,46)47/h5-9,12-13,15,22,27,35,42H,10-11,14,16-20H2,1-4H3,(H,36,45)(H,37,43)(H2,34,46,47)/t22-,27-/m0/s1. The van der Waals surface area contributed by atoms with E-state index in [1.807, 2.05) is 6.07 Å². The summed E-state index contributed by atoms with van der Waals surface area (Å²) in [5, 5.41) is 31.0. The number of fused-ring (bicyclic) bond motifs is 1. The average molecular weight is 793 g/mol. The Labute approximate surface area is 315 Å². The van der Waals surface area contributed by atoms with Crippen molar-refractivity contribution in [1.82, 2.24) is 35.9 Å². The second kappa shape index (κ2) is 19.4. The molecule has 2 aromatic heterocycles. The van der Waals surface area contributed by atoms with Gasteiger partial charge in [0.2, 0.25) is 10.2 Å². The molecule has 0 aliphatic rings. The van der Waals surface area contributed by atoms with Crippen LogP contribution in [-0.2, 0) is 53.6 Å². The number of aliphatic hydroxyl groups is 1. The lowest BCUT2D eigenvalue weighted by Crippen LogP contribution is -2.46. The van der Waals surface area contributed by atoms with Gasteiger partial charge in [0.15, 0.2) is 6.04 Å². The quantitative estimate of drug-likeness (QED) is 0.0614. The molecule has 2 amide bonds. The number of esters is 1. The van der Waals surface area contributed by atoms with Crippen LogP contribution in [0.2, 0.25) is 0 Å². The Bertz CT molecular complexity index is 1980. The zero-order valence-electron chi connectivity index (χ0n) is 30.1. The summed E-state index contributed by atoms with van der Waals surface area (Å²) < 4.78 is 52.2. The van der Waals surface area contributed by atoms with Gasteiger partial charge in [-0.2, -0.15) is 0 Å². The van der Waals surface area contributed by atoms with Gasteiger partial charge in [-0.15, -0.1) is 16.4 Å². The van der Waals surface area contributed by atoms with Crippen LogP contribution in [-0.4, -0.2) is 109 Å². The van der Waals surface area contributed by atoms with Crippen molar-refractivity contribution in [1.29, 1.82) is 0 Å². The summed E-state index contributed by atoms with van der Waals surface area (Å²) in [5.41, 5.74) is 0.990. The molecule has 0 unspecified atom stereocenters. The summed E-state index contributed by atoms with van der Waals surface area (Å²) in [6, 6.07) is 10.4. The van der Waals surface area contributed by atoms with Crippen molar-refractivity contribution in [2.24, 2.45) is 5.14 Å². The number of benzene rings is 2. The third-order valence-electron chi connectivity index (χ3n) is 7.01. The van der Waals surface area contributed by atoms with Gasteiger partial charge in [-0.25, -0.2) is 32.8 Å². The van der Waals surface area contributed by atoms with Gasteiger partial charge in [0.05, 0.1) is 49.4 Å². The number of aromatic nitrogens is 4. The number of ether oxygens (including phenoxy) is 5. The molecule has 0 radical (unpaired) electrons. The Morgan fingerprint density at radius 2 is 1.83 bits per heavy atom. The van der Waals surface area contributed by atoms with E-state index in [0.717, 1.165) is 16.9 Å². The minimum absolute atomic E-state index is 0.00979. The summed E-state index contributed by atoms with van der Waals surface area (Å²) in [7, 11) is -2.72. The van der Waals surface area contributed by atoms with Crippen molar-refractivity contribution < 1.29 is 51.6 Å². The van der Waals surface area contributed by atoms with E-state index in [1.54, 1.807) is 57.2 Å². The van der Waals surface area contributed by atoms with E-state index < -0.39 is 45.7 Å². The fraction of sp³-hybridized carbons (Fsp3) is 0.455. The van der Waals surface area contributed by atoms with Crippen LogP contribution in [0.1, 0.15) is 32.0 Å². The van der Waals surface area contributed by atoms with Crippen molar-refractivity contribution >= 4 is 49.5 Å². The highest BCUT2D eigenvalue weighted by Crippen LogP contribution is 2.28. The van der Waals surface area contributed by atoms with E-state index in [9.17, 15) is 27.9 Å². The maximum absolute atomic E-state index is 12.8. The Kier molecular flexibility index (Phi) is 15.0. The SMILES string of the molecule is COC(=O)[C@H](COCc1cccc(OCCNC[C@@H](CO)NC(=O)OC(C)(C)C)c1)NC(=O)Cn1cc(COc2ccc3nc(S(N)(=O)=O)sc3c2)nn1. The highest BCUT2D eigenvalue weighted by atomic mass is 32.2. The summed E-state index contributed by atoms with van der Waals surface area (Å²) >= 11 is 0.924. The number of hydrogen-bond acceptors (Lipinski definition) is 16. The number of aliphatic hydroxyl groups excluding tert-OH is 1. The average Bonchev–Trinajstić information content (AvgIpc) is 3.75. The van der Waals surface area contributed by atoms with Crippen molar-refractivity contribution in [2.75, 3.05) is 40.0 Å². The Morgan fingerprint density at radius 1 is 1.06 bits per heavy atom. The van der Waals surface area contributed by atoms with Crippen LogP contribution in [0.5, 0.6) is 11.5 Å². The number of carbonyl (C=O) groups excluding carboxylic acids is 3. The molecule has 0 spiro atoms. The van der Waals surface area contributed by atoms with Gasteiger partial charge >= 0.3 is 12.1 Å². The van der Waals surface area contributed by atoms with E-state index in [-0.39, 0.29) is 37.3 Å². The zero-order chi connectivity index (χ0) is 39.3. The number of primary sulfonamides is 1. The Balaban J connectivity index is 1.18. The normalized spacial score (nSPS) is 12.9. The lowest BCUT2D eigenvalue weighted by molar-refractivity contribution is -0.147. The predicted molar refractivity (Wildman–Crippen MR) is 194 cm³/mol. The molecule has 0 bridgehead atoms. The summed E-state index contributed by atoms with van der Waals surface area (Å²) in [6.07, 6.45) is 0.897. The molecule has 0 fully saturated rings. The fourth-order valence-corrected chi connectivity index (χ4v) is 6.29. The number of amides is 2. The molecule has 4 aromatic rings. The molecule has 0 aliphatic carbocycles. The van der Waals surface area contributed by atoms with Gasteiger partial charge in [0, 0.05) is 13.1 Å². The number of carbonyl (C=O) groups is 3. The van der Waals surface area contributed by atoms with E-state index in [0.29, 0.717) is 47.1 Å². The van der Waals surface area contributed by atoms with Gasteiger partial charge in [-0.05, 0) is 56.7 Å². The minimum atomic E-state index is -3.92. The number of nitrogens with two attached hydrogens (primary N) is 1.